The van der Waals surface area contributed by atoms with E-state index in [0.29, 0.717) is 23.7 Å². The summed E-state index contributed by atoms with van der Waals surface area (Å²) in [7, 11) is 0. The lowest BCUT2D eigenvalue weighted by molar-refractivity contribution is 0.167. The van der Waals surface area contributed by atoms with Gasteiger partial charge in [0.05, 0.1) is 18.8 Å². The van der Waals surface area contributed by atoms with Gasteiger partial charge in [0.15, 0.2) is 11.5 Å². The van der Waals surface area contributed by atoms with Gasteiger partial charge in [-0.25, -0.2) is 4.79 Å². The predicted octanol–water partition coefficient (Wildman–Crippen LogP) is -0.145. The molecule has 1 aliphatic rings. The van der Waals surface area contributed by atoms with Gasteiger partial charge in [-0.2, -0.15) is 0 Å². The molecule has 0 aromatic carbocycles. The third-order valence-corrected chi connectivity index (χ3v) is 3.06. The van der Waals surface area contributed by atoms with Crippen molar-refractivity contribution in [3.05, 3.63) is 57.0 Å². The van der Waals surface area contributed by atoms with Crippen molar-refractivity contribution >= 4 is 0 Å². The highest BCUT2D eigenvalue weighted by Gasteiger charge is 2.29. The Hall–Kier alpha value is -2.28. The van der Waals surface area contributed by atoms with E-state index in [9.17, 15) is 9.59 Å². The van der Waals surface area contributed by atoms with Crippen molar-refractivity contribution in [2.45, 2.75) is 13.5 Å². The van der Waals surface area contributed by atoms with Crippen LogP contribution in [0, 0.1) is 12.8 Å². The zero-order chi connectivity index (χ0) is 14.7. The smallest absolute Gasteiger partial charge is 0.328 e. The van der Waals surface area contributed by atoms with Gasteiger partial charge >= 0.3 is 5.69 Å². The van der Waals surface area contributed by atoms with Crippen molar-refractivity contribution in [1.29, 1.82) is 0 Å². The number of H-pyrrole nitrogens is 1. The molecule has 108 valence electrons. The molecule has 1 aliphatic heterocycles. The largest absolute Gasteiger partial charge is 0.491 e. The third kappa shape index (κ3) is 2.67. The average molecular weight is 280 g/mol. The van der Waals surface area contributed by atoms with Crippen LogP contribution in [0.1, 0.15) is 5.56 Å². The molecule has 1 aromatic heterocycles. The van der Waals surface area contributed by atoms with E-state index in [1.54, 1.807) is 6.92 Å². The van der Waals surface area contributed by atoms with Gasteiger partial charge in [-0.3, -0.25) is 14.3 Å². The number of nitrogens with one attached hydrogen (secondary N) is 1. The Bertz CT molecular complexity index is 655. The van der Waals surface area contributed by atoms with Crippen molar-refractivity contribution < 1.29 is 14.6 Å². The number of ether oxygens (including phenoxy) is 2. The molecule has 0 spiro atoms. The number of aliphatic hydroxyl groups excluding tert-OH is 1. The van der Waals surface area contributed by atoms with E-state index in [1.165, 1.54) is 17.0 Å². The maximum atomic E-state index is 11.7. The fourth-order valence-corrected chi connectivity index (χ4v) is 2.08. The number of hydrogen-bond acceptors (Lipinski definition) is 5. The molecule has 0 saturated heterocycles. The monoisotopic (exact) mass is 280 g/mol. The second-order valence-corrected chi connectivity index (χ2v) is 4.46. The number of nitrogens with zero attached hydrogens (tertiary/aromatic N) is 1. The average Bonchev–Trinajstić information content (AvgIpc) is 2.79. The van der Waals surface area contributed by atoms with Gasteiger partial charge in [-0.05, 0) is 6.92 Å². The highest BCUT2D eigenvalue weighted by atomic mass is 16.5. The van der Waals surface area contributed by atoms with E-state index in [0.717, 1.165) is 0 Å². The first-order valence-electron chi connectivity index (χ1n) is 6.11. The van der Waals surface area contributed by atoms with Gasteiger partial charge in [0.1, 0.15) is 6.61 Å². The first-order valence-corrected chi connectivity index (χ1v) is 6.11. The van der Waals surface area contributed by atoms with Crippen LogP contribution in [-0.4, -0.2) is 27.9 Å². The van der Waals surface area contributed by atoms with Gasteiger partial charge in [0.25, 0.3) is 5.56 Å². The number of aromatic nitrogens is 2. The summed E-state index contributed by atoms with van der Waals surface area (Å²) in [5, 5.41) is 9.17. The van der Waals surface area contributed by atoms with E-state index in [2.05, 4.69) is 11.6 Å². The van der Waals surface area contributed by atoms with Crippen LogP contribution in [0.25, 0.3) is 0 Å². The topological polar surface area (TPSA) is 93.5 Å². The fraction of sp³-hybridized carbons (Fsp3) is 0.385. The van der Waals surface area contributed by atoms with Crippen LogP contribution in [0.15, 0.2) is 40.1 Å². The molecule has 2 N–H and O–H groups in total. The molecule has 7 nitrogen and oxygen atoms in total. The van der Waals surface area contributed by atoms with Gasteiger partial charge in [-0.1, -0.05) is 6.58 Å². The Morgan fingerprint density at radius 1 is 1.65 bits per heavy atom. The number of rotatable bonds is 5. The molecule has 0 amide bonds. The summed E-state index contributed by atoms with van der Waals surface area (Å²) >= 11 is 0. The maximum absolute atomic E-state index is 11.7. The summed E-state index contributed by atoms with van der Waals surface area (Å²) in [5.74, 6) is 0.570. The van der Waals surface area contributed by atoms with Crippen molar-refractivity contribution in [3.8, 4) is 0 Å². The summed E-state index contributed by atoms with van der Waals surface area (Å²) in [5.41, 5.74) is -0.444. The van der Waals surface area contributed by atoms with Crippen molar-refractivity contribution in [3.63, 3.8) is 0 Å². The van der Waals surface area contributed by atoms with Crippen LogP contribution < -0.4 is 11.2 Å². The van der Waals surface area contributed by atoms with Gasteiger partial charge in [0.2, 0.25) is 0 Å². The molecule has 0 bridgehead atoms. The predicted molar refractivity (Wildman–Crippen MR) is 70.9 cm³/mol. The van der Waals surface area contributed by atoms with Gasteiger partial charge < -0.3 is 14.6 Å². The molecule has 1 aromatic rings. The maximum Gasteiger partial charge on any atom is 0.328 e. The number of aryl methyl sites for hydroxylation is 1. The van der Waals surface area contributed by atoms with E-state index in [4.69, 9.17) is 14.6 Å². The second-order valence-electron chi connectivity index (χ2n) is 4.46. The SMILES string of the molecule is C=COC1=C(CO)OCC1Cn1cc(C)c(=O)[nH]c1=O. The zero-order valence-electron chi connectivity index (χ0n) is 11.1. The fourth-order valence-electron chi connectivity index (χ4n) is 2.08. The minimum absolute atomic E-state index is 0.224. The minimum atomic E-state index is -0.490. The number of aromatic amines is 1. The Balaban J connectivity index is 2.28. The van der Waals surface area contributed by atoms with Crippen molar-refractivity contribution in [2.75, 3.05) is 13.2 Å². The van der Waals surface area contributed by atoms with Gasteiger partial charge in [-0.15, -0.1) is 0 Å². The lowest BCUT2D eigenvalue weighted by Crippen LogP contribution is -2.33. The lowest BCUT2D eigenvalue weighted by Gasteiger charge is -2.13. The van der Waals surface area contributed by atoms with Crippen molar-refractivity contribution in [2.24, 2.45) is 5.92 Å². The van der Waals surface area contributed by atoms with E-state index < -0.39 is 11.2 Å². The zero-order valence-corrected chi connectivity index (χ0v) is 11.1. The molecular formula is C13H16N2O5. The highest BCUT2D eigenvalue weighted by Crippen LogP contribution is 2.27. The summed E-state index contributed by atoms with van der Waals surface area (Å²) in [6, 6.07) is 0. The summed E-state index contributed by atoms with van der Waals surface area (Å²) in [4.78, 5) is 25.3. The first kappa shape index (κ1) is 14.1. The van der Waals surface area contributed by atoms with Crippen LogP contribution in [0.5, 0.6) is 0 Å². The number of aliphatic hydroxyl groups is 1. The molecule has 7 heteroatoms. The Labute approximate surface area is 114 Å². The Morgan fingerprint density at radius 2 is 2.40 bits per heavy atom. The molecule has 1 unspecified atom stereocenters. The molecule has 0 saturated carbocycles. The minimum Gasteiger partial charge on any atom is -0.491 e. The van der Waals surface area contributed by atoms with E-state index >= 15 is 0 Å². The van der Waals surface area contributed by atoms with Gasteiger partial charge in [0, 0.05) is 18.3 Å². The highest BCUT2D eigenvalue weighted by molar-refractivity contribution is 5.12. The van der Waals surface area contributed by atoms with Crippen LogP contribution >= 0.6 is 0 Å². The standard InChI is InChI=1S/C13H16N2O5/c1-3-19-11-9(7-20-10(11)6-16)5-15-4-8(2)12(17)14-13(15)18/h3-4,9,16H,1,5-7H2,2H3,(H,14,17,18). The molecule has 20 heavy (non-hydrogen) atoms. The molecule has 2 heterocycles. The molecule has 0 fully saturated rings. The summed E-state index contributed by atoms with van der Waals surface area (Å²) < 4.78 is 12.0. The quantitative estimate of drug-likeness (QED) is 0.732. The van der Waals surface area contributed by atoms with Crippen LogP contribution in [0.4, 0.5) is 0 Å². The lowest BCUT2D eigenvalue weighted by atomic mass is 10.1. The molecule has 1 atom stereocenters. The third-order valence-electron chi connectivity index (χ3n) is 3.06. The van der Waals surface area contributed by atoms with E-state index in [1.807, 2.05) is 0 Å². The number of hydrogen-bond donors (Lipinski definition) is 2. The first-order chi connectivity index (χ1) is 9.56. The van der Waals surface area contributed by atoms with E-state index in [-0.39, 0.29) is 19.1 Å². The molecular weight excluding hydrogens is 264 g/mol. The molecule has 0 radical (unpaired) electrons. The Morgan fingerprint density at radius 3 is 3.05 bits per heavy atom. The summed E-state index contributed by atoms with van der Waals surface area (Å²) in [6.07, 6.45) is 2.73. The Kier molecular flexibility index (Phi) is 4.09. The van der Waals surface area contributed by atoms with Crippen LogP contribution in [0.2, 0.25) is 0 Å². The summed E-state index contributed by atoms with van der Waals surface area (Å²) in [6.45, 7) is 5.39. The second kappa shape index (κ2) is 5.79. The molecule has 2 rings (SSSR count). The molecule has 0 aliphatic carbocycles. The van der Waals surface area contributed by atoms with Crippen molar-refractivity contribution in [1.82, 2.24) is 9.55 Å². The normalized spacial score (nSPS) is 18.0. The van der Waals surface area contributed by atoms with Crippen LogP contribution in [-0.2, 0) is 16.0 Å². The van der Waals surface area contributed by atoms with Crippen LogP contribution in [0.3, 0.4) is 0 Å².